The third-order valence-electron chi connectivity index (χ3n) is 5.72. The summed E-state index contributed by atoms with van der Waals surface area (Å²) in [6.07, 6.45) is 7.45. The normalized spacial score (nSPS) is 12.9. The van der Waals surface area contributed by atoms with Crippen LogP contribution in [0.1, 0.15) is 49.9 Å². The third kappa shape index (κ3) is 3.44. The molecule has 0 saturated carbocycles. The van der Waals surface area contributed by atoms with Gasteiger partial charge in [-0.05, 0) is 62.3 Å². The number of hydrogen-bond acceptors (Lipinski definition) is 4. The molecule has 0 spiro atoms. The molecule has 0 atom stereocenters. The third-order valence-corrected chi connectivity index (χ3v) is 5.72. The smallest absolute Gasteiger partial charge is 0.165 e. The van der Waals surface area contributed by atoms with Gasteiger partial charge in [0.25, 0.3) is 0 Å². The van der Waals surface area contributed by atoms with E-state index in [-0.39, 0.29) is 12.4 Å². The average molecular weight is 401 g/mol. The molecule has 4 rings (SSSR count). The highest BCUT2D eigenvalue weighted by molar-refractivity contribution is 5.85. The molecule has 5 nitrogen and oxygen atoms in total. The summed E-state index contributed by atoms with van der Waals surface area (Å²) in [5.74, 6) is 2.01. The second-order valence-corrected chi connectivity index (χ2v) is 7.37. The van der Waals surface area contributed by atoms with Crippen molar-refractivity contribution in [1.29, 1.82) is 0 Å². The molecular weight excluding hydrogens is 372 g/mol. The maximum atomic E-state index is 5.36. The van der Waals surface area contributed by atoms with E-state index in [0.717, 1.165) is 54.0 Å². The zero-order valence-corrected chi connectivity index (χ0v) is 17.9. The Morgan fingerprint density at radius 1 is 1.18 bits per heavy atom. The predicted octanol–water partition coefficient (Wildman–Crippen LogP) is 5.22. The molecule has 150 valence electrons. The van der Waals surface area contributed by atoms with Gasteiger partial charge >= 0.3 is 0 Å². The Hall–Kier alpha value is -2.27. The Balaban J connectivity index is 0.00000225. The van der Waals surface area contributed by atoms with Crippen LogP contribution in [-0.4, -0.2) is 27.7 Å². The topological polar surface area (TPSA) is 51.5 Å². The molecule has 1 N–H and O–H groups in total. The second-order valence-electron chi connectivity index (χ2n) is 7.37. The number of aryl methyl sites for hydroxylation is 2. The summed E-state index contributed by atoms with van der Waals surface area (Å²) >= 11 is 0. The van der Waals surface area contributed by atoms with E-state index in [9.17, 15) is 0 Å². The van der Waals surface area contributed by atoms with E-state index in [1.807, 2.05) is 16.8 Å². The lowest BCUT2D eigenvalue weighted by Crippen LogP contribution is -2.21. The van der Waals surface area contributed by atoms with Crippen LogP contribution < -0.4 is 10.1 Å². The number of halogens is 1. The first-order valence-corrected chi connectivity index (χ1v) is 9.97. The SMILES string of the molecule is CCC(CC)Nc1c2c(nc3c(-c4ccc(OC)cc4C)cnn13)CCC2.Cl. The van der Waals surface area contributed by atoms with Gasteiger partial charge in [0, 0.05) is 22.9 Å². The zero-order chi connectivity index (χ0) is 19.0. The van der Waals surface area contributed by atoms with Gasteiger partial charge in [-0.25, -0.2) is 4.98 Å². The van der Waals surface area contributed by atoms with Crippen molar-refractivity contribution in [3.63, 3.8) is 0 Å². The van der Waals surface area contributed by atoms with Crippen LogP contribution in [0, 0.1) is 6.92 Å². The minimum atomic E-state index is 0. The summed E-state index contributed by atoms with van der Waals surface area (Å²) in [4.78, 5) is 5.02. The maximum Gasteiger partial charge on any atom is 0.165 e. The standard InChI is InChI=1S/C22H28N4O.ClH/c1-5-15(6-2)24-21-18-8-7-9-20(18)25-22-19(13-23-26(21)22)17-11-10-16(27-4)12-14(17)3;/h10-13,15,24H,5-9H2,1-4H3;1H. The van der Waals surface area contributed by atoms with Crippen LogP contribution in [0.25, 0.3) is 16.8 Å². The quantitative estimate of drug-likeness (QED) is 0.615. The highest BCUT2D eigenvalue weighted by Crippen LogP contribution is 2.34. The van der Waals surface area contributed by atoms with E-state index in [2.05, 4.69) is 38.2 Å². The zero-order valence-electron chi connectivity index (χ0n) is 17.1. The van der Waals surface area contributed by atoms with Gasteiger partial charge in [-0.2, -0.15) is 9.61 Å². The molecule has 1 aromatic carbocycles. The van der Waals surface area contributed by atoms with Crippen LogP contribution in [-0.2, 0) is 12.8 Å². The predicted molar refractivity (Wildman–Crippen MR) is 117 cm³/mol. The van der Waals surface area contributed by atoms with E-state index >= 15 is 0 Å². The number of fused-ring (bicyclic) bond motifs is 2. The van der Waals surface area contributed by atoms with Crippen molar-refractivity contribution in [2.45, 2.75) is 58.9 Å². The lowest BCUT2D eigenvalue weighted by atomic mass is 10.0. The number of benzene rings is 1. The van der Waals surface area contributed by atoms with E-state index in [1.165, 1.54) is 23.2 Å². The van der Waals surface area contributed by atoms with Crippen molar-refractivity contribution >= 4 is 23.9 Å². The van der Waals surface area contributed by atoms with Gasteiger partial charge in [-0.3, -0.25) is 0 Å². The van der Waals surface area contributed by atoms with Crippen molar-refractivity contribution in [3.8, 4) is 16.9 Å². The molecule has 1 aliphatic rings. The summed E-state index contributed by atoms with van der Waals surface area (Å²) in [7, 11) is 1.70. The van der Waals surface area contributed by atoms with Gasteiger partial charge in [0.2, 0.25) is 0 Å². The highest BCUT2D eigenvalue weighted by atomic mass is 35.5. The Morgan fingerprint density at radius 2 is 1.96 bits per heavy atom. The van der Waals surface area contributed by atoms with Crippen LogP contribution in [0.3, 0.4) is 0 Å². The number of methoxy groups -OCH3 is 1. The fourth-order valence-electron chi connectivity index (χ4n) is 4.06. The summed E-state index contributed by atoms with van der Waals surface area (Å²) in [5, 5.41) is 8.50. The summed E-state index contributed by atoms with van der Waals surface area (Å²) in [6.45, 7) is 6.57. The van der Waals surface area contributed by atoms with Gasteiger partial charge in [-0.15, -0.1) is 12.4 Å². The first-order chi connectivity index (χ1) is 13.2. The molecule has 0 bridgehead atoms. The van der Waals surface area contributed by atoms with Gasteiger partial charge in [0.15, 0.2) is 5.65 Å². The lowest BCUT2D eigenvalue weighted by Gasteiger charge is -2.20. The van der Waals surface area contributed by atoms with Gasteiger partial charge in [-0.1, -0.05) is 19.9 Å². The molecule has 2 heterocycles. The van der Waals surface area contributed by atoms with Gasteiger partial charge < -0.3 is 10.1 Å². The number of rotatable bonds is 6. The number of aromatic nitrogens is 3. The molecule has 2 aromatic heterocycles. The number of hydrogen-bond donors (Lipinski definition) is 1. The monoisotopic (exact) mass is 400 g/mol. The summed E-state index contributed by atoms with van der Waals surface area (Å²) in [5.41, 5.74) is 6.92. The molecule has 0 aliphatic heterocycles. The minimum absolute atomic E-state index is 0. The highest BCUT2D eigenvalue weighted by Gasteiger charge is 2.24. The Kier molecular flexibility index (Phi) is 6.14. The average Bonchev–Trinajstić information content (AvgIpc) is 3.32. The molecular formula is C22H29ClN4O. The molecule has 0 unspecified atom stereocenters. The van der Waals surface area contributed by atoms with Crippen LogP contribution in [0.5, 0.6) is 5.75 Å². The number of nitrogens with one attached hydrogen (secondary N) is 1. The van der Waals surface area contributed by atoms with Crippen molar-refractivity contribution in [3.05, 3.63) is 41.2 Å². The van der Waals surface area contributed by atoms with E-state index in [4.69, 9.17) is 14.8 Å². The molecule has 0 fully saturated rings. The van der Waals surface area contributed by atoms with Crippen molar-refractivity contribution in [2.24, 2.45) is 0 Å². The summed E-state index contributed by atoms with van der Waals surface area (Å²) < 4.78 is 7.37. The minimum Gasteiger partial charge on any atom is -0.497 e. The molecule has 0 amide bonds. The van der Waals surface area contributed by atoms with Crippen LogP contribution >= 0.6 is 12.4 Å². The van der Waals surface area contributed by atoms with Crippen molar-refractivity contribution in [2.75, 3.05) is 12.4 Å². The Bertz CT molecular complexity index is 978. The lowest BCUT2D eigenvalue weighted by molar-refractivity contribution is 0.414. The van der Waals surface area contributed by atoms with Gasteiger partial charge in [0.05, 0.1) is 13.3 Å². The van der Waals surface area contributed by atoms with E-state index < -0.39 is 0 Å². The van der Waals surface area contributed by atoms with E-state index in [1.54, 1.807) is 7.11 Å². The first kappa shape index (κ1) is 20.5. The summed E-state index contributed by atoms with van der Waals surface area (Å²) in [6, 6.07) is 6.63. The Labute approximate surface area is 172 Å². The van der Waals surface area contributed by atoms with Crippen molar-refractivity contribution in [1.82, 2.24) is 14.6 Å². The van der Waals surface area contributed by atoms with Crippen molar-refractivity contribution < 1.29 is 4.74 Å². The molecule has 28 heavy (non-hydrogen) atoms. The number of nitrogens with zero attached hydrogens (tertiary/aromatic N) is 3. The molecule has 0 radical (unpaired) electrons. The van der Waals surface area contributed by atoms with E-state index in [0.29, 0.717) is 6.04 Å². The Morgan fingerprint density at radius 3 is 2.64 bits per heavy atom. The first-order valence-electron chi connectivity index (χ1n) is 9.97. The molecule has 3 aromatic rings. The second kappa shape index (κ2) is 8.39. The fourth-order valence-corrected chi connectivity index (χ4v) is 4.06. The molecule has 6 heteroatoms. The van der Waals surface area contributed by atoms with Crippen LogP contribution in [0.4, 0.5) is 5.82 Å². The number of ether oxygens (including phenoxy) is 1. The molecule has 1 aliphatic carbocycles. The van der Waals surface area contributed by atoms with Gasteiger partial charge in [0.1, 0.15) is 11.6 Å². The largest absolute Gasteiger partial charge is 0.497 e. The number of anilines is 1. The maximum absolute atomic E-state index is 5.36. The van der Waals surface area contributed by atoms with Crippen LogP contribution in [0.2, 0.25) is 0 Å². The van der Waals surface area contributed by atoms with Crippen LogP contribution in [0.15, 0.2) is 24.4 Å². The fraction of sp³-hybridized carbons (Fsp3) is 0.455. The molecule has 0 saturated heterocycles.